The molecule has 134 valence electrons. The minimum atomic E-state index is -3.70. The van der Waals surface area contributed by atoms with Gasteiger partial charge < -0.3 is 15.0 Å². The number of sulfonamides is 1. The molecule has 0 spiro atoms. The zero-order valence-corrected chi connectivity index (χ0v) is 14.6. The highest BCUT2D eigenvalue weighted by molar-refractivity contribution is 7.89. The second-order valence-electron chi connectivity index (χ2n) is 5.22. The van der Waals surface area contributed by atoms with Crippen LogP contribution in [0.25, 0.3) is 0 Å². The van der Waals surface area contributed by atoms with Gasteiger partial charge in [0, 0.05) is 27.1 Å². The van der Waals surface area contributed by atoms with E-state index in [1.807, 2.05) is 0 Å². The Morgan fingerprint density at radius 3 is 2.38 bits per heavy atom. The molecule has 0 aromatic heterocycles. The second-order valence-corrected chi connectivity index (χ2v) is 6.78. The van der Waals surface area contributed by atoms with Crippen molar-refractivity contribution in [2.75, 3.05) is 33.4 Å². The van der Waals surface area contributed by atoms with Gasteiger partial charge in [0.1, 0.15) is 0 Å². The lowest BCUT2D eigenvalue weighted by atomic mass is 10.1. The summed E-state index contributed by atoms with van der Waals surface area (Å²) >= 11 is 0. The van der Waals surface area contributed by atoms with Crippen LogP contribution in [0.2, 0.25) is 0 Å². The summed E-state index contributed by atoms with van der Waals surface area (Å²) < 4.78 is 27.2. The average molecular weight is 357 g/mol. The molecule has 24 heavy (non-hydrogen) atoms. The predicted molar refractivity (Wildman–Crippen MR) is 88.7 cm³/mol. The predicted octanol–water partition coefficient (Wildman–Crippen LogP) is -0.512. The van der Waals surface area contributed by atoms with Gasteiger partial charge in [-0.1, -0.05) is 12.1 Å². The number of primary sulfonamides is 1. The van der Waals surface area contributed by atoms with Crippen LogP contribution in [-0.2, 0) is 30.8 Å². The van der Waals surface area contributed by atoms with E-state index in [0.717, 1.165) is 5.56 Å². The lowest BCUT2D eigenvalue weighted by Gasteiger charge is -2.20. The van der Waals surface area contributed by atoms with E-state index in [1.54, 1.807) is 12.1 Å². The molecule has 2 amide bonds. The molecule has 0 saturated heterocycles. The lowest BCUT2D eigenvalue weighted by molar-refractivity contribution is -0.134. The Morgan fingerprint density at radius 1 is 1.25 bits per heavy atom. The molecule has 1 aromatic rings. The number of nitrogens with zero attached hydrogens (tertiary/aromatic N) is 1. The van der Waals surface area contributed by atoms with E-state index in [4.69, 9.17) is 9.88 Å². The maximum Gasteiger partial charge on any atom is 0.239 e. The highest BCUT2D eigenvalue weighted by Crippen LogP contribution is 2.08. The molecule has 0 aliphatic carbocycles. The molecule has 0 heterocycles. The molecule has 0 saturated carbocycles. The fourth-order valence-electron chi connectivity index (χ4n) is 1.97. The number of hydrogen-bond acceptors (Lipinski definition) is 5. The van der Waals surface area contributed by atoms with E-state index < -0.39 is 10.0 Å². The molecule has 0 fully saturated rings. The third-order valence-corrected chi connectivity index (χ3v) is 4.26. The van der Waals surface area contributed by atoms with Crippen molar-refractivity contribution in [3.8, 4) is 0 Å². The van der Waals surface area contributed by atoms with Gasteiger partial charge in [0.05, 0.1) is 18.0 Å². The van der Waals surface area contributed by atoms with Gasteiger partial charge in [-0.15, -0.1) is 0 Å². The Morgan fingerprint density at radius 2 is 1.88 bits per heavy atom. The van der Waals surface area contributed by atoms with Gasteiger partial charge >= 0.3 is 0 Å². The van der Waals surface area contributed by atoms with Crippen molar-refractivity contribution in [1.82, 2.24) is 10.2 Å². The average Bonchev–Trinajstić information content (AvgIpc) is 2.50. The smallest absolute Gasteiger partial charge is 0.239 e. The van der Waals surface area contributed by atoms with Crippen molar-refractivity contribution in [3.05, 3.63) is 29.8 Å². The van der Waals surface area contributed by atoms with Crippen LogP contribution in [0.15, 0.2) is 29.2 Å². The van der Waals surface area contributed by atoms with Gasteiger partial charge in [-0.05, 0) is 24.1 Å². The SMILES string of the molecule is COCCN(CC(=O)NCCc1ccc(S(N)(=O)=O)cc1)C(C)=O. The van der Waals surface area contributed by atoms with E-state index in [2.05, 4.69) is 5.32 Å². The monoisotopic (exact) mass is 357 g/mol. The minimum absolute atomic E-state index is 0.0248. The van der Waals surface area contributed by atoms with Crippen LogP contribution in [0.4, 0.5) is 0 Å². The molecule has 0 bridgehead atoms. The molecule has 1 aromatic carbocycles. The van der Waals surface area contributed by atoms with E-state index in [0.29, 0.717) is 26.1 Å². The summed E-state index contributed by atoms with van der Waals surface area (Å²) in [5, 5.41) is 7.75. The number of amides is 2. The summed E-state index contributed by atoms with van der Waals surface area (Å²) in [4.78, 5) is 24.7. The molecule has 8 nitrogen and oxygen atoms in total. The number of nitrogens with one attached hydrogen (secondary N) is 1. The number of rotatable bonds is 9. The van der Waals surface area contributed by atoms with Crippen molar-refractivity contribution in [3.63, 3.8) is 0 Å². The van der Waals surface area contributed by atoms with Crippen molar-refractivity contribution in [2.45, 2.75) is 18.2 Å². The summed E-state index contributed by atoms with van der Waals surface area (Å²) in [6.07, 6.45) is 0.536. The summed E-state index contributed by atoms with van der Waals surface area (Å²) in [7, 11) is -2.17. The molecule has 3 N–H and O–H groups in total. The highest BCUT2D eigenvalue weighted by Gasteiger charge is 2.13. The molecular formula is C15H23N3O5S. The van der Waals surface area contributed by atoms with Gasteiger partial charge in [0.2, 0.25) is 21.8 Å². The fourth-order valence-corrected chi connectivity index (χ4v) is 2.49. The Hall–Kier alpha value is -1.97. The van der Waals surface area contributed by atoms with Crippen LogP contribution in [-0.4, -0.2) is 58.5 Å². The Balaban J connectivity index is 2.43. The fraction of sp³-hybridized carbons (Fsp3) is 0.467. The number of benzene rings is 1. The number of carbonyl (C=O) groups excluding carboxylic acids is 2. The van der Waals surface area contributed by atoms with Crippen LogP contribution in [0.1, 0.15) is 12.5 Å². The van der Waals surface area contributed by atoms with Crippen molar-refractivity contribution in [2.24, 2.45) is 5.14 Å². The van der Waals surface area contributed by atoms with E-state index >= 15 is 0 Å². The first-order valence-corrected chi connectivity index (χ1v) is 8.91. The molecule has 0 aliphatic rings. The van der Waals surface area contributed by atoms with Crippen LogP contribution < -0.4 is 10.5 Å². The standard InChI is InChI=1S/C15H23N3O5S/c1-12(19)18(9-10-23-2)11-15(20)17-8-7-13-3-5-14(6-4-13)24(16,21)22/h3-6H,7-11H2,1-2H3,(H,17,20)(H2,16,21,22). The molecule has 0 atom stereocenters. The van der Waals surface area contributed by atoms with Gasteiger partial charge in [-0.2, -0.15) is 0 Å². The topological polar surface area (TPSA) is 119 Å². The Labute approximate surface area is 142 Å². The van der Waals surface area contributed by atoms with Crippen LogP contribution >= 0.6 is 0 Å². The Kier molecular flexibility index (Phi) is 7.83. The zero-order valence-electron chi connectivity index (χ0n) is 13.8. The van der Waals surface area contributed by atoms with Gasteiger partial charge in [0.15, 0.2) is 0 Å². The first kappa shape index (κ1) is 20.1. The van der Waals surface area contributed by atoms with E-state index in [9.17, 15) is 18.0 Å². The lowest BCUT2D eigenvalue weighted by Crippen LogP contribution is -2.41. The maximum atomic E-state index is 11.9. The van der Waals surface area contributed by atoms with Crippen molar-refractivity contribution < 1.29 is 22.7 Å². The third kappa shape index (κ3) is 7.07. The number of methoxy groups -OCH3 is 1. The maximum absolute atomic E-state index is 11.9. The molecule has 1 rings (SSSR count). The number of hydrogen-bond donors (Lipinski definition) is 2. The zero-order chi connectivity index (χ0) is 18.2. The largest absolute Gasteiger partial charge is 0.383 e. The molecule has 9 heteroatoms. The van der Waals surface area contributed by atoms with E-state index in [1.165, 1.54) is 31.1 Å². The summed E-state index contributed by atoms with van der Waals surface area (Å²) in [5.74, 6) is -0.455. The number of carbonyl (C=O) groups is 2. The van der Waals surface area contributed by atoms with Crippen LogP contribution in [0.3, 0.4) is 0 Å². The minimum Gasteiger partial charge on any atom is -0.383 e. The first-order valence-electron chi connectivity index (χ1n) is 7.37. The second kappa shape index (κ2) is 9.36. The Bertz CT molecular complexity index is 658. The van der Waals surface area contributed by atoms with Crippen LogP contribution in [0, 0.1) is 0 Å². The van der Waals surface area contributed by atoms with Crippen molar-refractivity contribution >= 4 is 21.8 Å². The third-order valence-electron chi connectivity index (χ3n) is 3.33. The van der Waals surface area contributed by atoms with Gasteiger partial charge in [-0.25, -0.2) is 13.6 Å². The molecular weight excluding hydrogens is 334 g/mol. The summed E-state index contributed by atoms with van der Waals surface area (Å²) in [6.45, 7) is 2.47. The number of nitrogens with two attached hydrogens (primary N) is 1. The van der Waals surface area contributed by atoms with Crippen LogP contribution in [0.5, 0.6) is 0 Å². The number of ether oxygens (including phenoxy) is 1. The summed E-state index contributed by atoms with van der Waals surface area (Å²) in [5.41, 5.74) is 0.866. The summed E-state index contributed by atoms with van der Waals surface area (Å²) in [6, 6.07) is 6.14. The normalized spacial score (nSPS) is 11.1. The molecule has 0 aliphatic heterocycles. The highest BCUT2D eigenvalue weighted by atomic mass is 32.2. The quantitative estimate of drug-likeness (QED) is 0.617. The van der Waals surface area contributed by atoms with Gasteiger partial charge in [0.25, 0.3) is 0 Å². The van der Waals surface area contributed by atoms with Gasteiger partial charge in [-0.3, -0.25) is 9.59 Å². The first-order chi connectivity index (χ1) is 11.2. The molecule has 0 unspecified atom stereocenters. The van der Waals surface area contributed by atoms with E-state index in [-0.39, 0.29) is 23.3 Å². The molecule has 0 radical (unpaired) electrons. The van der Waals surface area contributed by atoms with Crippen molar-refractivity contribution in [1.29, 1.82) is 0 Å².